The Bertz CT molecular complexity index is 329. The second-order valence-electron chi connectivity index (χ2n) is 5.70. The van der Waals surface area contributed by atoms with Crippen molar-refractivity contribution in [1.29, 1.82) is 0 Å². The fourth-order valence-electron chi connectivity index (χ4n) is 1.78. The number of hydrogen-bond donors (Lipinski definition) is 0. The summed E-state index contributed by atoms with van der Waals surface area (Å²) in [5.41, 5.74) is 0. The van der Waals surface area contributed by atoms with Gasteiger partial charge in [-0.2, -0.15) is 0 Å². The van der Waals surface area contributed by atoms with Gasteiger partial charge in [-0.1, -0.05) is 61.5 Å². The number of alkyl halides is 5. The first-order chi connectivity index (χ1) is 12.5. The van der Waals surface area contributed by atoms with Gasteiger partial charge in [-0.3, -0.25) is 5.01 Å². The van der Waals surface area contributed by atoms with Crippen LogP contribution in [0.3, 0.4) is 0 Å². The molecule has 0 bridgehead atoms. The molecular formula is C16H31Cl5N2O4. The maximum atomic E-state index is 10.2. The number of halogens is 5. The fourth-order valence-corrected chi connectivity index (χ4v) is 1.78. The molecular weight excluding hydrogens is 461 g/mol. The van der Waals surface area contributed by atoms with Gasteiger partial charge in [-0.15, -0.1) is 28.1 Å². The Kier molecular flexibility index (Phi) is 19.5. The van der Waals surface area contributed by atoms with E-state index >= 15 is 0 Å². The molecule has 0 aromatic carbocycles. The van der Waals surface area contributed by atoms with E-state index < -0.39 is 8.63 Å². The zero-order valence-electron chi connectivity index (χ0n) is 16.5. The minimum atomic E-state index is -1.55. The molecule has 1 heterocycles. The highest BCUT2D eigenvalue weighted by Gasteiger charge is 2.28. The van der Waals surface area contributed by atoms with Crippen LogP contribution in [0, 0.1) is 4.91 Å². The van der Waals surface area contributed by atoms with Crippen LogP contribution in [0.2, 0.25) is 0 Å². The van der Waals surface area contributed by atoms with Crippen LogP contribution in [0.15, 0.2) is 5.29 Å². The minimum Gasteiger partial charge on any atom is -0.324 e. The summed E-state index contributed by atoms with van der Waals surface area (Å²) in [6, 6.07) is 0. The first kappa shape index (κ1) is 29.9. The van der Waals surface area contributed by atoms with E-state index in [1.165, 1.54) is 0 Å². The predicted octanol–water partition coefficient (Wildman–Crippen LogP) is 6.82. The summed E-state index contributed by atoms with van der Waals surface area (Å²) in [5, 5.41) is 4.56. The highest BCUT2D eigenvalue weighted by Crippen LogP contribution is 2.35. The van der Waals surface area contributed by atoms with E-state index in [9.17, 15) is 4.91 Å². The number of unbranched alkanes of at least 4 members (excludes halogenated alkanes) is 2. The van der Waals surface area contributed by atoms with Crippen molar-refractivity contribution in [2.24, 2.45) is 5.29 Å². The summed E-state index contributed by atoms with van der Waals surface area (Å²) in [4.78, 5) is 9.23. The monoisotopic (exact) mass is 490 g/mol. The molecule has 0 aromatic heterocycles. The lowest BCUT2D eigenvalue weighted by molar-refractivity contribution is -0.367. The Morgan fingerprint density at radius 2 is 1.19 bits per heavy atom. The SMILES string of the molecule is CC1OC(C)OC(C)O1.CCCCN(CCCC)N=O.ClC(Cl)C(Cl)(Cl)Cl. The van der Waals surface area contributed by atoms with Crippen LogP contribution in [0.4, 0.5) is 0 Å². The number of nitrogens with zero attached hydrogens (tertiary/aromatic N) is 2. The smallest absolute Gasteiger partial charge is 0.220 e. The summed E-state index contributed by atoms with van der Waals surface area (Å²) in [6.45, 7) is 11.4. The molecule has 0 amide bonds. The molecule has 0 atom stereocenters. The van der Waals surface area contributed by atoms with Crippen LogP contribution in [0.25, 0.3) is 0 Å². The van der Waals surface area contributed by atoms with E-state index in [1.54, 1.807) is 5.01 Å². The summed E-state index contributed by atoms with van der Waals surface area (Å²) >= 11 is 25.7. The first-order valence-corrected chi connectivity index (χ1v) is 10.9. The number of hydrogen-bond acceptors (Lipinski definition) is 5. The van der Waals surface area contributed by atoms with Crippen LogP contribution in [-0.2, 0) is 14.2 Å². The average Bonchev–Trinajstić information content (AvgIpc) is 2.54. The van der Waals surface area contributed by atoms with Crippen molar-refractivity contribution in [1.82, 2.24) is 5.01 Å². The normalized spacial score (nSPS) is 22.3. The van der Waals surface area contributed by atoms with Crippen molar-refractivity contribution in [3.05, 3.63) is 4.91 Å². The summed E-state index contributed by atoms with van der Waals surface area (Å²) < 4.78 is 13.8. The van der Waals surface area contributed by atoms with Crippen LogP contribution in [0.5, 0.6) is 0 Å². The third-order valence-electron chi connectivity index (χ3n) is 3.05. The molecule has 164 valence electrons. The Hall–Kier alpha value is 0.730. The van der Waals surface area contributed by atoms with Gasteiger partial charge >= 0.3 is 0 Å². The largest absolute Gasteiger partial charge is 0.324 e. The molecule has 0 aliphatic carbocycles. The number of rotatable bonds is 7. The van der Waals surface area contributed by atoms with E-state index in [0.29, 0.717) is 0 Å². The molecule has 0 saturated carbocycles. The van der Waals surface area contributed by atoms with Gasteiger partial charge < -0.3 is 14.2 Å². The van der Waals surface area contributed by atoms with Crippen molar-refractivity contribution in [2.45, 2.75) is 87.8 Å². The van der Waals surface area contributed by atoms with Gasteiger partial charge in [-0.25, -0.2) is 0 Å². The Morgan fingerprint density at radius 3 is 1.37 bits per heavy atom. The lowest BCUT2D eigenvalue weighted by Crippen LogP contribution is -2.35. The molecule has 0 unspecified atom stereocenters. The van der Waals surface area contributed by atoms with Gasteiger partial charge in [0.2, 0.25) is 3.79 Å². The maximum Gasteiger partial charge on any atom is 0.220 e. The van der Waals surface area contributed by atoms with Gasteiger partial charge in [0.15, 0.2) is 23.7 Å². The van der Waals surface area contributed by atoms with Gasteiger partial charge in [0.25, 0.3) is 0 Å². The third kappa shape index (κ3) is 19.8. The second-order valence-corrected chi connectivity index (χ2v) is 9.16. The zero-order chi connectivity index (χ0) is 21.5. The lowest BCUT2D eigenvalue weighted by atomic mass is 10.3. The molecule has 1 saturated heterocycles. The third-order valence-corrected chi connectivity index (χ3v) is 5.03. The molecule has 0 spiro atoms. The summed E-state index contributed by atoms with van der Waals surface area (Å²) in [5.74, 6) is 0. The summed E-state index contributed by atoms with van der Waals surface area (Å²) in [7, 11) is 0. The van der Waals surface area contributed by atoms with Crippen LogP contribution >= 0.6 is 58.0 Å². The Labute approximate surface area is 188 Å². The topological polar surface area (TPSA) is 60.4 Å². The molecule has 0 N–H and O–H groups in total. The Morgan fingerprint density at radius 1 is 0.889 bits per heavy atom. The standard InChI is InChI=1S/C8H18N2O.C6H12O3.C2HCl5/c1-3-5-7-10(9-11)8-6-4-2;1-4-7-5(2)9-6(3)8-4;3-1(4)2(5,6)7/h3-8H2,1-2H3;4-6H,1-3H3;1H. The van der Waals surface area contributed by atoms with Crippen molar-refractivity contribution in [3.8, 4) is 0 Å². The van der Waals surface area contributed by atoms with E-state index in [2.05, 4.69) is 19.1 Å². The highest BCUT2D eigenvalue weighted by molar-refractivity contribution is 6.73. The van der Waals surface area contributed by atoms with Crippen LogP contribution < -0.4 is 0 Å². The van der Waals surface area contributed by atoms with Crippen LogP contribution in [-0.4, -0.2) is 45.6 Å². The fraction of sp³-hybridized carbons (Fsp3) is 1.00. The van der Waals surface area contributed by atoms with Crippen LogP contribution in [0.1, 0.15) is 60.3 Å². The van der Waals surface area contributed by atoms with Crippen molar-refractivity contribution < 1.29 is 14.2 Å². The number of nitroso groups, excluding NO2 is 1. The molecule has 1 fully saturated rings. The second kappa shape index (κ2) is 17.6. The molecule has 1 rings (SSSR count). The number of ether oxygens (including phenoxy) is 3. The quantitative estimate of drug-likeness (QED) is 0.222. The molecule has 1 aliphatic heterocycles. The van der Waals surface area contributed by atoms with E-state index in [1.807, 2.05) is 20.8 Å². The molecule has 0 radical (unpaired) electrons. The average molecular weight is 493 g/mol. The highest BCUT2D eigenvalue weighted by atomic mass is 35.6. The molecule has 0 aromatic rings. The van der Waals surface area contributed by atoms with Crippen molar-refractivity contribution in [3.63, 3.8) is 0 Å². The molecule has 1 aliphatic rings. The van der Waals surface area contributed by atoms with E-state index in [-0.39, 0.29) is 18.9 Å². The van der Waals surface area contributed by atoms with E-state index in [4.69, 9.17) is 72.2 Å². The van der Waals surface area contributed by atoms with Crippen molar-refractivity contribution in [2.75, 3.05) is 13.1 Å². The predicted molar refractivity (Wildman–Crippen MR) is 115 cm³/mol. The maximum absolute atomic E-state index is 10.2. The van der Waals surface area contributed by atoms with Gasteiger partial charge in [0, 0.05) is 13.1 Å². The Balaban J connectivity index is 0. The molecule has 6 nitrogen and oxygen atoms in total. The lowest BCUT2D eigenvalue weighted by Gasteiger charge is -2.30. The van der Waals surface area contributed by atoms with Gasteiger partial charge in [0.1, 0.15) is 0 Å². The molecule has 11 heteroatoms. The molecule has 27 heavy (non-hydrogen) atoms. The van der Waals surface area contributed by atoms with Gasteiger partial charge in [-0.05, 0) is 33.6 Å². The van der Waals surface area contributed by atoms with Gasteiger partial charge in [0.05, 0.1) is 5.29 Å². The first-order valence-electron chi connectivity index (χ1n) is 8.87. The minimum absolute atomic E-state index is 0.135. The summed E-state index contributed by atoms with van der Waals surface area (Å²) in [6.07, 6.45) is 3.97. The zero-order valence-corrected chi connectivity index (χ0v) is 20.2. The van der Waals surface area contributed by atoms with E-state index in [0.717, 1.165) is 38.8 Å². The van der Waals surface area contributed by atoms with Crippen molar-refractivity contribution >= 4 is 58.0 Å².